The van der Waals surface area contributed by atoms with E-state index in [9.17, 15) is 0 Å². The molecule has 1 unspecified atom stereocenters. The molecule has 4 heteroatoms. The Kier molecular flexibility index (Phi) is 4.04. The molecule has 3 rings (SSSR count). The molecule has 0 radical (unpaired) electrons. The van der Waals surface area contributed by atoms with E-state index in [1.54, 1.807) is 7.11 Å². The van der Waals surface area contributed by atoms with Crippen LogP contribution in [0.3, 0.4) is 0 Å². The molecular weight excluding hydrogens is 286 g/mol. The predicted molar refractivity (Wildman–Crippen MR) is 84.3 cm³/mol. The van der Waals surface area contributed by atoms with Crippen molar-refractivity contribution >= 4 is 11.6 Å². The Bertz CT molecular complexity index is 657. The molecule has 3 nitrogen and oxygen atoms in total. The molecule has 0 amide bonds. The molecule has 1 atom stereocenters. The topological polar surface area (TPSA) is 44.5 Å². The van der Waals surface area contributed by atoms with E-state index in [0.717, 1.165) is 40.7 Å². The highest BCUT2D eigenvalue weighted by Gasteiger charge is 2.19. The maximum Gasteiger partial charge on any atom is 0.125 e. The van der Waals surface area contributed by atoms with Crippen LogP contribution in [0, 0.1) is 0 Å². The van der Waals surface area contributed by atoms with Crippen molar-refractivity contribution in [2.24, 2.45) is 5.73 Å². The lowest BCUT2D eigenvalue weighted by Crippen LogP contribution is -2.14. The zero-order valence-corrected chi connectivity index (χ0v) is 12.7. The SMILES string of the molecule is COc1cccc(C(N)Cc2cc(Cl)cc3c2OCC3)c1. The van der Waals surface area contributed by atoms with E-state index in [4.69, 9.17) is 26.8 Å². The highest BCUT2D eigenvalue weighted by molar-refractivity contribution is 6.30. The lowest BCUT2D eigenvalue weighted by atomic mass is 9.97. The van der Waals surface area contributed by atoms with Crippen molar-refractivity contribution < 1.29 is 9.47 Å². The average Bonchev–Trinajstić information content (AvgIpc) is 2.95. The number of benzene rings is 2. The van der Waals surface area contributed by atoms with E-state index >= 15 is 0 Å². The molecule has 1 aliphatic rings. The molecule has 2 aromatic carbocycles. The smallest absolute Gasteiger partial charge is 0.125 e. The van der Waals surface area contributed by atoms with Crippen LogP contribution in [-0.2, 0) is 12.8 Å². The Hall–Kier alpha value is -1.71. The summed E-state index contributed by atoms with van der Waals surface area (Å²) in [4.78, 5) is 0. The number of methoxy groups -OCH3 is 1. The van der Waals surface area contributed by atoms with Crippen molar-refractivity contribution in [3.63, 3.8) is 0 Å². The molecule has 2 N–H and O–H groups in total. The van der Waals surface area contributed by atoms with Crippen molar-refractivity contribution in [3.8, 4) is 11.5 Å². The number of hydrogen-bond acceptors (Lipinski definition) is 3. The van der Waals surface area contributed by atoms with Gasteiger partial charge in [0.15, 0.2) is 0 Å². The average molecular weight is 304 g/mol. The zero-order chi connectivity index (χ0) is 14.8. The van der Waals surface area contributed by atoms with Crippen LogP contribution in [0.1, 0.15) is 22.7 Å². The summed E-state index contributed by atoms with van der Waals surface area (Å²) in [7, 11) is 1.66. The number of hydrogen-bond donors (Lipinski definition) is 1. The van der Waals surface area contributed by atoms with Crippen LogP contribution in [0.4, 0.5) is 0 Å². The van der Waals surface area contributed by atoms with Gasteiger partial charge in [-0.25, -0.2) is 0 Å². The summed E-state index contributed by atoms with van der Waals surface area (Å²) >= 11 is 6.19. The second-order valence-corrected chi connectivity index (χ2v) is 5.68. The molecule has 0 aliphatic carbocycles. The third kappa shape index (κ3) is 2.99. The Morgan fingerprint density at radius 1 is 1.33 bits per heavy atom. The molecule has 0 spiro atoms. The van der Waals surface area contributed by atoms with Gasteiger partial charge in [0, 0.05) is 17.5 Å². The lowest BCUT2D eigenvalue weighted by Gasteiger charge is -2.15. The van der Waals surface area contributed by atoms with Gasteiger partial charge in [-0.1, -0.05) is 23.7 Å². The first-order valence-corrected chi connectivity index (χ1v) is 7.39. The lowest BCUT2D eigenvalue weighted by molar-refractivity contribution is 0.352. The Morgan fingerprint density at radius 2 is 2.19 bits per heavy atom. The first-order valence-electron chi connectivity index (χ1n) is 7.01. The van der Waals surface area contributed by atoms with Crippen LogP contribution in [0.15, 0.2) is 36.4 Å². The first-order chi connectivity index (χ1) is 10.2. The molecule has 110 valence electrons. The van der Waals surface area contributed by atoms with E-state index < -0.39 is 0 Å². The van der Waals surface area contributed by atoms with Crippen molar-refractivity contribution in [2.75, 3.05) is 13.7 Å². The number of nitrogens with two attached hydrogens (primary N) is 1. The zero-order valence-electron chi connectivity index (χ0n) is 11.9. The van der Waals surface area contributed by atoms with Crippen molar-refractivity contribution in [1.29, 1.82) is 0 Å². The van der Waals surface area contributed by atoms with E-state index in [0.29, 0.717) is 6.42 Å². The Morgan fingerprint density at radius 3 is 3.00 bits per heavy atom. The van der Waals surface area contributed by atoms with Gasteiger partial charge in [-0.05, 0) is 47.4 Å². The van der Waals surface area contributed by atoms with Gasteiger partial charge >= 0.3 is 0 Å². The summed E-state index contributed by atoms with van der Waals surface area (Å²) in [6.07, 6.45) is 1.60. The summed E-state index contributed by atoms with van der Waals surface area (Å²) in [5, 5.41) is 0.743. The van der Waals surface area contributed by atoms with E-state index in [1.807, 2.05) is 36.4 Å². The first kappa shape index (κ1) is 14.2. The second kappa shape index (κ2) is 5.96. The van der Waals surface area contributed by atoms with Crippen LogP contribution in [0.25, 0.3) is 0 Å². The van der Waals surface area contributed by atoms with Gasteiger partial charge in [0.1, 0.15) is 11.5 Å². The normalized spacial score (nSPS) is 14.4. The van der Waals surface area contributed by atoms with Gasteiger partial charge in [0.25, 0.3) is 0 Å². The fourth-order valence-electron chi connectivity index (χ4n) is 2.72. The van der Waals surface area contributed by atoms with E-state index in [1.165, 1.54) is 5.56 Å². The van der Waals surface area contributed by atoms with E-state index in [-0.39, 0.29) is 6.04 Å². The van der Waals surface area contributed by atoms with Crippen LogP contribution in [0.5, 0.6) is 11.5 Å². The van der Waals surface area contributed by atoms with Crippen LogP contribution in [-0.4, -0.2) is 13.7 Å². The summed E-state index contributed by atoms with van der Waals surface area (Å²) in [5.41, 5.74) is 9.63. The molecule has 0 bridgehead atoms. The third-order valence-electron chi connectivity index (χ3n) is 3.79. The molecule has 1 heterocycles. The highest BCUT2D eigenvalue weighted by Crippen LogP contribution is 2.35. The summed E-state index contributed by atoms with van der Waals surface area (Å²) in [5.74, 6) is 1.77. The maximum absolute atomic E-state index is 6.34. The highest BCUT2D eigenvalue weighted by atomic mass is 35.5. The van der Waals surface area contributed by atoms with Crippen molar-refractivity contribution in [1.82, 2.24) is 0 Å². The van der Waals surface area contributed by atoms with Gasteiger partial charge < -0.3 is 15.2 Å². The van der Waals surface area contributed by atoms with Gasteiger partial charge in [-0.2, -0.15) is 0 Å². The Balaban J connectivity index is 1.86. The molecule has 2 aromatic rings. The van der Waals surface area contributed by atoms with Gasteiger partial charge in [0.05, 0.1) is 13.7 Å². The number of fused-ring (bicyclic) bond motifs is 1. The molecule has 21 heavy (non-hydrogen) atoms. The monoisotopic (exact) mass is 303 g/mol. The van der Waals surface area contributed by atoms with Crippen LogP contribution >= 0.6 is 11.6 Å². The van der Waals surface area contributed by atoms with E-state index in [2.05, 4.69) is 0 Å². The summed E-state index contributed by atoms with van der Waals surface area (Å²) in [6.45, 7) is 0.719. The minimum atomic E-state index is -0.119. The van der Waals surface area contributed by atoms with Crippen molar-refractivity contribution in [2.45, 2.75) is 18.9 Å². The minimum absolute atomic E-state index is 0.119. The molecule has 1 aliphatic heterocycles. The van der Waals surface area contributed by atoms with Crippen LogP contribution < -0.4 is 15.2 Å². The van der Waals surface area contributed by atoms with Gasteiger partial charge in [-0.15, -0.1) is 0 Å². The fourth-order valence-corrected chi connectivity index (χ4v) is 2.99. The maximum atomic E-state index is 6.34. The van der Waals surface area contributed by atoms with Gasteiger partial charge in [-0.3, -0.25) is 0 Å². The fraction of sp³-hybridized carbons (Fsp3) is 0.294. The largest absolute Gasteiger partial charge is 0.497 e. The number of halogens is 1. The molecular formula is C17H18ClNO2. The third-order valence-corrected chi connectivity index (χ3v) is 4.01. The quantitative estimate of drug-likeness (QED) is 0.940. The molecule has 0 aromatic heterocycles. The molecule has 0 fully saturated rings. The van der Waals surface area contributed by atoms with Gasteiger partial charge in [0.2, 0.25) is 0 Å². The minimum Gasteiger partial charge on any atom is -0.497 e. The van der Waals surface area contributed by atoms with Crippen molar-refractivity contribution in [3.05, 3.63) is 58.1 Å². The molecule has 0 saturated carbocycles. The number of rotatable bonds is 4. The summed E-state index contributed by atoms with van der Waals surface area (Å²) < 4.78 is 11.0. The second-order valence-electron chi connectivity index (χ2n) is 5.24. The Labute approximate surface area is 129 Å². The summed E-state index contributed by atoms with van der Waals surface area (Å²) in [6, 6.07) is 11.7. The molecule has 0 saturated heterocycles. The number of ether oxygens (including phenoxy) is 2. The standard InChI is InChI=1S/C17H18ClNO2/c1-20-15-4-2-3-11(9-15)16(19)10-13-8-14(18)7-12-5-6-21-17(12)13/h2-4,7-9,16H,5-6,10,19H2,1H3. The predicted octanol–water partition coefficient (Wildman–Crippen LogP) is 3.53. The van der Waals surface area contributed by atoms with Crippen LogP contribution in [0.2, 0.25) is 5.02 Å².